The Morgan fingerprint density at radius 1 is 0.931 bits per heavy atom. The number of rotatable bonds is 6. The van der Waals surface area contributed by atoms with Crippen molar-refractivity contribution in [2.24, 2.45) is 4.99 Å². The second-order valence-corrected chi connectivity index (χ2v) is 7.78. The van der Waals surface area contributed by atoms with E-state index < -0.39 is 12.0 Å². The van der Waals surface area contributed by atoms with Crippen molar-refractivity contribution in [3.8, 4) is 0 Å². The number of hydrogen-bond donors (Lipinski definition) is 1. The predicted octanol–water partition coefficient (Wildman–Crippen LogP) is 5.01. The molecular weight excluding hydrogens is 430 g/mol. The summed E-state index contributed by atoms with van der Waals surface area (Å²) in [6.07, 6.45) is 0.317. The van der Waals surface area contributed by atoms with Gasteiger partial charge in [-0.3, -0.25) is 4.99 Å². The zero-order valence-electron chi connectivity index (χ0n) is 15.7. The van der Waals surface area contributed by atoms with Gasteiger partial charge in [0.15, 0.2) is 6.04 Å². The minimum atomic E-state index is -0.940. The molecule has 4 nitrogen and oxygen atoms in total. The van der Waals surface area contributed by atoms with E-state index in [0.717, 1.165) is 32.3 Å². The standard InChI is InChI=1S/C24H20BrNO3/c25-21-12-11-18(19-14-29-15-20(19)21)13-22(24(27)28)26-23(16-7-3-1-4-8-16)17-9-5-2-6-10-17/h1-12,22H,13-15H2,(H,27,28). The molecule has 0 aliphatic carbocycles. The third kappa shape index (κ3) is 4.31. The zero-order chi connectivity index (χ0) is 20.2. The third-order valence-electron chi connectivity index (χ3n) is 5.04. The van der Waals surface area contributed by atoms with Crippen molar-refractivity contribution in [1.82, 2.24) is 0 Å². The van der Waals surface area contributed by atoms with Crippen molar-refractivity contribution < 1.29 is 14.6 Å². The number of ether oxygens (including phenoxy) is 1. The molecule has 0 amide bonds. The molecule has 1 unspecified atom stereocenters. The van der Waals surface area contributed by atoms with Crippen LogP contribution in [0.2, 0.25) is 0 Å². The smallest absolute Gasteiger partial charge is 0.328 e. The van der Waals surface area contributed by atoms with Crippen molar-refractivity contribution in [1.29, 1.82) is 0 Å². The van der Waals surface area contributed by atoms with Crippen molar-refractivity contribution in [2.75, 3.05) is 0 Å². The van der Waals surface area contributed by atoms with Crippen LogP contribution in [0, 0.1) is 0 Å². The van der Waals surface area contributed by atoms with Crippen LogP contribution in [0.5, 0.6) is 0 Å². The van der Waals surface area contributed by atoms with Crippen LogP contribution in [0.3, 0.4) is 0 Å². The fourth-order valence-corrected chi connectivity index (χ4v) is 4.04. The number of benzene rings is 3. The number of carboxylic acid groups (broad SMARTS) is 1. The Kier molecular flexibility index (Phi) is 5.88. The largest absolute Gasteiger partial charge is 0.480 e. The lowest BCUT2D eigenvalue weighted by molar-refractivity contribution is -0.138. The third-order valence-corrected chi connectivity index (χ3v) is 5.78. The molecular formula is C24H20BrNO3. The van der Waals surface area contributed by atoms with Gasteiger partial charge in [-0.25, -0.2) is 4.79 Å². The van der Waals surface area contributed by atoms with Gasteiger partial charge in [-0.15, -0.1) is 0 Å². The summed E-state index contributed by atoms with van der Waals surface area (Å²) in [7, 11) is 0. The Bertz CT molecular complexity index is 1010. The summed E-state index contributed by atoms with van der Waals surface area (Å²) in [4.78, 5) is 16.8. The molecule has 4 rings (SSSR count). The molecule has 29 heavy (non-hydrogen) atoms. The van der Waals surface area contributed by atoms with E-state index in [1.165, 1.54) is 0 Å². The van der Waals surface area contributed by atoms with E-state index in [1.807, 2.05) is 72.8 Å². The SMILES string of the molecule is O=C(O)C(Cc1ccc(Br)c2c1COC2)N=C(c1ccccc1)c1ccccc1. The predicted molar refractivity (Wildman–Crippen MR) is 116 cm³/mol. The van der Waals surface area contributed by atoms with Gasteiger partial charge in [0, 0.05) is 22.0 Å². The molecule has 0 radical (unpaired) electrons. The average molecular weight is 450 g/mol. The highest BCUT2D eigenvalue weighted by molar-refractivity contribution is 9.10. The van der Waals surface area contributed by atoms with Crippen molar-refractivity contribution >= 4 is 27.6 Å². The van der Waals surface area contributed by atoms with Gasteiger partial charge in [-0.05, 0) is 22.8 Å². The van der Waals surface area contributed by atoms with Crippen LogP contribution in [0.25, 0.3) is 0 Å². The first kappa shape index (κ1) is 19.6. The number of halogens is 1. The van der Waals surface area contributed by atoms with E-state index in [2.05, 4.69) is 15.9 Å². The van der Waals surface area contributed by atoms with E-state index in [-0.39, 0.29) is 0 Å². The van der Waals surface area contributed by atoms with Crippen molar-refractivity contribution in [3.63, 3.8) is 0 Å². The quantitative estimate of drug-likeness (QED) is 0.537. The topological polar surface area (TPSA) is 58.9 Å². The van der Waals surface area contributed by atoms with Gasteiger partial charge in [0.2, 0.25) is 0 Å². The van der Waals surface area contributed by atoms with Gasteiger partial charge < -0.3 is 9.84 Å². The number of aliphatic carboxylic acids is 1. The molecule has 3 aromatic rings. The van der Waals surface area contributed by atoms with Gasteiger partial charge in [0.25, 0.3) is 0 Å². The van der Waals surface area contributed by atoms with E-state index in [4.69, 9.17) is 9.73 Å². The van der Waals surface area contributed by atoms with Crippen LogP contribution in [0.15, 0.2) is 82.3 Å². The number of fused-ring (bicyclic) bond motifs is 1. The number of carboxylic acids is 1. The van der Waals surface area contributed by atoms with Gasteiger partial charge >= 0.3 is 5.97 Å². The highest BCUT2D eigenvalue weighted by Gasteiger charge is 2.24. The molecule has 0 fully saturated rings. The summed E-state index contributed by atoms with van der Waals surface area (Å²) in [5.41, 5.74) is 5.62. The second-order valence-electron chi connectivity index (χ2n) is 6.92. The lowest BCUT2D eigenvalue weighted by atomic mass is 9.97. The maximum Gasteiger partial charge on any atom is 0.328 e. The molecule has 1 aliphatic rings. The average Bonchev–Trinajstić information content (AvgIpc) is 3.25. The normalized spacial score (nSPS) is 13.6. The minimum absolute atomic E-state index is 0.317. The Morgan fingerprint density at radius 2 is 1.52 bits per heavy atom. The van der Waals surface area contributed by atoms with Crippen molar-refractivity contribution in [3.05, 3.63) is 105 Å². The number of nitrogens with zero attached hydrogens (tertiary/aromatic N) is 1. The number of aliphatic imine (C=N–C) groups is 1. The Labute approximate surface area is 178 Å². The first-order valence-corrected chi connectivity index (χ1v) is 10.2. The number of carbonyl (C=O) groups is 1. The monoisotopic (exact) mass is 449 g/mol. The maximum atomic E-state index is 12.1. The molecule has 0 spiro atoms. The second kappa shape index (κ2) is 8.72. The highest BCUT2D eigenvalue weighted by atomic mass is 79.9. The summed E-state index contributed by atoms with van der Waals surface area (Å²) in [6, 6.07) is 22.5. The van der Waals surface area contributed by atoms with Gasteiger partial charge in [0.1, 0.15) is 0 Å². The molecule has 0 saturated heterocycles. The van der Waals surface area contributed by atoms with Crippen molar-refractivity contribution in [2.45, 2.75) is 25.7 Å². The van der Waals surface area contributed by atoms with Crippen LogP contribution in [0.1, 0.15) is 27.8 Å². The Hall–Kier alpha value is -2.76. The van der Waals surface area contributed by atoms with Crippen LogP contribution in [-0.2, 0) is 29.2 Å². The molecule has 0 saturated carbocycles. The Morgan fingerprint density at radius 3 is 2.10 bits per heavy atom. The van der Waals surface area contributed by atoms with E-state index in [1.54, 1.807) is 0 Å². The van der Waals surface area contributed by atoms with Crippen LogP contribution in [-0.4, -0.2) is 22.8 Å². The number of hydrogen-bond acceptors (Lipinski definition) is 3. The summed E-state index contributed by atoms with van der Waals surface area (Å²) >= 11 is 3.55. The molecule has 1 aliphatic heterocycles. The Balaban J connectivity index is 1.75. The molecule has 146 valence electrons. The first-order chi connectivity index (χ1) is 14.1. The molecule has 0 bridgehead atoms. The van der Waals surface area contributed by atoms with Gasteiger partial charge in [-0.1, -0.05) is 82.7 Å². The molecule has 3 aromatic carbocycles. The molecule has 1 N–H and O–H groups in total. The highest BCUT2D eigenvalue weighted by Crippen LogP contribution is 2.31. The molecule has 1 heterocycles. The lowest BCUT2D eigenvalue weighted by Gasteiger charge is -2.15. The van der Waals surface area contributed by atoms with E-state index >= 15 is 0 Å². The van der Waals surface area contributed by atoms with E-state index in [0.29, 0.717) is 25.3 Å². The van der Waals surface area contributed by atoms with Crippen LogP contribution in [0.4, 0.5) is 0 Å². The summed E-state index contributed by atoms with van der Waals surface area (Å²) < 4.78 is 6.58. The molecule has 1 atom stereocenters. The fourth-order valence-electron chi connectivity index (χ4n) is 3.56. The van der Waals surface area contributed by atoms with Crippen LogP contribution >= 0.6 is 15.9 Å². The minimum Gasteiger partial charge on any atom is -0.480 e. The summed E-state index contributed by atoms with van der Waals surface area (Å²) in [5.74, 6) is -0.940. The molecule has 0 aromatic heterocycles. The summed E-state index contributed by atoms with van der Waals surface area (Å²) in [5, 5.41) is 9.93. The fraction of sp³-hybridized carbons (Fsp3) is 0.167. The zero-order valence-corrected chi connectivity index (χ0v) is 17.3. The van der Waals surface area contributed by atoms with E-state index in [9.17, 15) is 9.90 Å². The van der Waals surface area contributed by atoms with Gasteiger partial charge in [0.05, 0.1) is 18.9 Å². The molecule has 5 heteroatoms. The van der Waals surface area contributed by atoms with Crippen LogP contribution < -0.4 is 0 Å². The first-order valence-electron chi connectivity index (χ1n) is 9.42. The van der Waals surface area contributed by atoms with Gasteiger partial charge in [-0.2, -0.15) is 0 Å². The summed E-state index contributed by atoms with van der Waals surface area (Å²) in [6.45, 7) is 1.05. The maximum absolute atomic E-state index is 12.1. The lowest BCUT2D eigenvalue weighted by Crippen LogP contribution is -2.24.